The average molecular weight is 357 g/mol. The highest BCUT2D eigenvalue weighted by molar-refractivity contribution is 6.10. The van der Waals surface area contributed by atoms with Gasteiger partial charge in [0, 0.05) is 5.69 Å². The van der Waals surface area contributed by atoms with Crippen LogP contribution < -0.4 is 10.6 Å². The third-order valence-electron chi connectivity index (χ3n) is 5.74. The second-order valence-corrected chi connectivity index (χ2v) is 7.76. The van der Waals surface area contributed by atoms with Crippen LogP contribution in [-0.4, -0.2) is 34.8 Å². The molecule has 1 aliphatic heterocycles. The number of hydrogen-bond acceptors (Lipinski definition) is 3. The number of rotatable bonds is 3. The van der Waals surface area contributed by atoms with E-state index in [2.05, 4.69) is 10.6 Å². The first-order chi connectivity index (χ1) is 12.2. The van der Waals surface area contributed by atoms with Crippen LogP contribution in [0.25, 0.3) is 0 Å². The molecular weight excluding hydrogens is 330 g/mol. The van der Waals surface area contributed by atoms with Gasteiger partial charge in [-0.1, -0.05) is 37.5 Å². The van der Waals surface area contributed by atoms with Gasteiger partial charge in [-0.15, -0.1) is 0 Å². The Morgan fingerprint density at radius 3 is 2.50 bits per heavy atom. The van der Waals surface area contributed by atoms with Gasteiger partial charge in [-0.25, -0.2) is 4.79 Å². The minimum atomic E-state index is -0.828. The molecule has 2 N–H and O–H groups in total. The fourth-order valence-electron chi connectivity index (χ4n) is 4.34. The Bertz CT molecular complexity index is 751. The zero-order valence-corrected chi connectivity index (χ0v) is 15.9. The molecule has 26 heavy (non-hydrogen) atoms. The van der Waals surface area contributed by atoms with Crippen LogP contribution in [0.3, 0.4) is 0 Å². The van der Waals surface area contributed by atoms with Gasteiger partial charge in [-0.2, -0.15) is 0 Å². The first-order valence-electron chi connectivity index (χ1n) is 9.26. The van der Waals surface area contributed by atoms with Crippen LogP contribution >= 0.6 is 0 Å². The number of aryl methyl sites for hydroxylation is 3. The maximum absolute atomic E-state index is 12.9. The molecule has 140 valence electrons. The van der Waals surface area contributed by atoms with Crippen molar-refractivity contribution in [3.05, 3.63) is 28.8 Å². The van der Waals surface area contributed by atoms with E-state index in [0.717, 1.165) is 46.5 Å². The first-order valence-corrected chi connectivity index (χ1v) is 9.26. The van der Waals surface area contributed by atoms with Gasteiger partial charge in [-0.05, 0) is 50.7 Å². The van der Waals surface area contributed by atoms with Crippen LogP contribution in [-0.2, 0) is 9.59 Å². The molecule has 1 heterocycles. The van der Waals surface area contributed by atoms with Gasteiger partial charge >= 0.3 is 6.03 Å². The number of urea groups is 1. The lowest BCUT2D eigenvalue weighted by Gasteiger charge is -2.36. The Hall–Kier alpha value is -2.37. The molecule has 0 radical (unpaired) electrons. The smallest absolute Gasteiger partial charge is 0.324 e. The summed E-state index contributed by atoms with van der Waals surface area (Å²) < 4.78 is 0. The monoisotopic (exact) mass is 357 g/mol. The van der Waals surface area contributed by atoms with Crippen molar-refractivity contribution in [2.75, 3.05) is 11.9 Å². The third-order valence-corrected chi connectivity index (χ3v) is 5.74. The maximum Gasteiger partial charge on any atom is 0.325 e. The molecule has 6 heteroatoms. The average Bonchev–Trinajstić information content (AvgIpc) is 2.79. The minimum absolute atomic E-state index is 0.0855. The number of benzene rings is 1. The summed E-state index contributed by atoms with van der Waals surface area (Å²) in [6.45, 7) is 7.61. The molecule has 0 aromatic heterocycles. The van der Waals surface area contributed by atoms with Gasteiger partial charge in [0.25, 0.3) is 5.91 Å². The topological polar surface area (TPSA) is 78.5 Å². The second kappa shape index (κ2) is 6.74. The molecular formula is C20H27N3O3. The van der Waals surface area contributed by atoms with Crippen molar-refractivity contribution in [2.45, 2.75) is 58.9 Å². The first kappa shape index (κ1) is 18.4. The predicted molar refractivity (Wildman–Crippen MR) is 99.9 cm³/mol. The number of amides is 4. The molecule has 1 aromatic carbocycles. The number of carbonyl (C=O) groups is 3. The summed E-state index contributed by atoms with van der Waals surface area (Å²) in [5.74, 6) is -0.534. The van der Waals surface area contributed by atoms with E-state index in [1.54, 1.807) is 0 Å². The summed E-state index contributed by atoms with van der Waals surface area (Å²) in [6.07, 6.45) is 3.54. The summed E-state index contributed by atoms with van der Waals surface area (Å²) in [6, 6.07) is 3.53. The number of nitrogens with one attached hydrogen (secondary N) is 2. The molecule has 0 bridgehead atoms. The van der Waals surface area contributed by atoms with Crippen LogP contribution in [0, 0.1) is 26.7 Å². The van der Waals surface area contributed by atoms with Gasteiger partial charge in [0.1, 0.15) is 12.1 Å². The molecule has 2 fully saturated rings. The Kier molecular flexibility index (Phi) is 4.78. The number of anilines is 1. The fraction of sp³-hybridized carbons (Fsp3) is 0.550. The maximum atomic E-state index is 12.9. The summed E-state index contributed by atoms with van der Waals surface area (Å²) in [7, 11) is 0. The van der Waals surface area contributed by atoms with Crippen molar-refractivity contribution in [1.29, 1.82) is 0 Å². The largest absolute Gasteiger partial charge is 0.325 e. The Morgan fingerprint density at radius 2 is 1.88 bits per heavy atom. The van der Waals surface area contributed by atoms with Crippen LogP contribution in [0.5, 0.6) is 0 Å². The SMILES string of the molecule is Cc1cc(C)c(NC(=O)CN2C(=O)NC3(CCCCC3C)C2=O)c(C)c1. The lowest BCUT2D eigenvalue weighted by Crippen LogP contribution is -2.54. The van der Waals surface area contributed by atoms with E-state index in [1.165, 1.54) is 0 Å². The second-order valence-electron chi connectivity index (χ2n) is 7.76. The number of hydrogen-bond donors (Lipinski definition) is 2. The molecule has 4 amide bonds. The number of imide groups is 1. The van der Waals surface area contributed by atoms with Crippen molar-refractivity contribution < 1.29 is 14.4 Å². The highest BCUT2D eigenvalue weighted by atomic mass is 16.2. The summed E-state index contributed by atoms with van der Waals surface area (Å²) >= 11 is 0. The van der Waals surface area contributed by atoms with E-state index < -0.39 is 11.6 Å². The molecule has 6 nitrogen and oxygen atoms in total. The highest BCUT2D eigenvalue weighted by Gasteiger charge is 2.55. The lowest BCUT2D eigenvalue weighted by atomic mass is 9.73. The molecule has 3 rings (SSSR count). The van der Waals surface area contributed by atoms with Gasteiger partial charge in [0.05, 0.1) is 0 Å². The molecule has 1 spiro atoms. The van der Waals surface area contributed by atoms with E-state index in [0.29, 0.717) is 6.42 Å². The number of nitrogens with zero attached hydrogens (tertiary/aromatic N) is 1. The van der Waals surface area contributed by atoms with E-state index in [4.69, 9.17) is 0 Å². The fourth-order valence-corrected chi connectivity index (χ4v) is 4.34. The van der Waals surface area contributed by atoms with Crippen molar-refractivity contribution in [1.82, 2.24) is 10.2 Å². The Balaban J connectivity index is 1.74. The molecule has 2 unspecified atom stereocenters. The molecule has 2 atom stereocenters. The van der Waals surface area contributed by atoms with Crippen molar-refractivity contribution in [2.24, 2.45) is 5.92 Å². The van der Waals surface area contributed by atoms with Gasteiger partial charge < -0.3 is 10.6 Å². The lowest BCUT2D eigenvalue weighted by molar-refractivity contribution is -0.136. The zero-order chi connectivity index (χ0) is 19.1. The summed E-state index contributed by atoms with van der Waals surface area (Å²) in [5, 5.41) is 5.74. The zero-order valence-electron chi connectivity index (χ0n) is 15.9. The van der Waals surface area contributed by atoms with Gasteiger partial charge in [-0.3, -0.25) is 14.5 Å². The van der Waals surface area contributed by atoms with Crippen molar-refractivity contribution in [3.63, 3.8) is 0 Å². The van der Waals surface area contributed by atoms with Gasteiger partial charge in [0.15, 0.2) is 0 Å². The van der Waals surface area contributed by atoms with Crippen molar-refractivity contribution in [3.8, 4) is 0 Å². The van der Waals surface area contributed by atoms with E-state index in [-0.39, 0.29) is 24.3 Å². The van der Waals surface area contributed by atoms with Crippen LogP contribution in [0.4, 0.5) is 10.5 Å². The highest BCUT2D eigenvalue weighted by Crippen LogP contribution is 2.38. The van der Waals surface area contributed by atoms with E-state index in [1.807, 2.05) is 39.8 Å². The van der Waals surface area contributed by atoms with E-state index in [9.17, 15) is 14.4 Å². The van der Waals surface area contributed by atoms with Crippen LogP contribution in [0.15, 0.2) is 12.1 Å². The van der Waals surface area contributed by atoms with E-state index >= 15 is 0 Å². The molecule has 1 saturated heterocycles. The third kappa shape index (κ3) is 3.08. The molecule has 2 aliphatic rings. The molecule has 1 aromatic rings. The summed E-state index contributed by atoms with van der Waals surface area (Å²) in [4.78, 5) is 38.9. The standard InChI is InChI=1S/C20H27N3O3/c1-12-9-13(2)17(14(3)10-12)21-16(24)11-23-18(25)20(22-19(23)26)8-6-5-7-15(20)4/h9-10,15H,5-8,11H2,1-4H3,(H,21,24)(H,22,26). The summed E-state index contributed by atoms with van der Waals surface area (Å²) in [5.41, 5.74) is 2.97. The van der Waals surface area contributed by atoms with Gasteiger partial charge in [0.2, 0.25) is 5.91 Å². The van der Waals surface area contributed by atoms with Crippen LogP contribution in [0.1, 0.15) is 49.3 Å². The minimum Gasteiger partial charge on any atom is -0.324 e. The van der Waals surface area contributed by atoms with Crippen molar-refractivity contribution >= 4 is 23.5 Å². The quantitative estimate of drug-likeness (QED) is 0.816. The molecule has 1 aliphatic carbocycles. The molecule has 1 saturated carbocycles. The normalized spacial score (nSPS) is 25.5. The van der Waals surface area contributed by atoms with Crippen LogP contribution in [0.2, 0.25) is 0 Å². The number of carbonyl (C=O) groups excluding carboxylic acids is 3. The Morgan fingerprint density at radius 1 is 1.23 bits per heavy atom. The Labute approximate surface area is 154 Å². The predicted octanol–water partition coefficient (Wildman–Crippen LogP) is 3.05.